The molecule has 5 heterocycles. The molecule has 6 aromatic rings. The number of carbonyl (C=O) groups is 7. The van der Waals surface area contributed by atoms with E-state index in [2.05, 4.69) is 25.7 Å². The average molecular weight is 1070 g/mol. The lowest BCUT2D eigenvalue weighted by molar-refractivity contribution is -0.142. The number of piperazine rings is 1. The summed E-state index contributed by atoms with van der Waals surface area (Å²) in [7, 11) is 1.42. The number of methoxy groups -OCH3 is 1. The van der Waals surface area contributed by atoms with Crippen LogP contribution >= 0.6 is 0 Å². The van der Waals surface area contributed by atoms with Crippen LogP contribution in [0.5, 0.6) is 11.5 Å². The highest BCUT2D eigenvalue weighted by molar-refractivity contribution is 6.05. The van der Waals surface area contributed by atoms with Crippen LogP contribution in [0.3, 0.4) is 0 Å². The number of aromatic nitrogens is 8. The zero-order valence-corrected chi connectivity index (χ0v) is 44.3. The van der Waals surface area contributed by atoms with Crippen molar-refractivity contribution < 1.29 is 57.2 Å². The number of fused-ring (bicyclic) bond motifs is 2. The van der Waals surface area contributed by atoms with Crippen LogP contribution in [0, 0.1) is 13.8 Å². The number of anilines is 2. The predicted molar refractivity (Wildman–Crippen MR) is 280 cm³/mol. The van der Waals surface area contributed by atoms with Crippen LogP contribution in [-0.2, 0) is 50.0 Å². The predicted octanol–water partition coefficient (Wildman–Crippen LogP) is 3.81. The van der Waals surface area contributed by atoms with Gasteiger partial charge in [0.2, 0.25) is 23.7 Å². The molecule has 1 saturated heterocycles. The van der Waals surface area contributed by atoms with Gasteiger partial charge in [0.25, 0.3) is 11.8 Å². The zero-order valence-electron chi connectivity index (χ0n) is 44.3. The number of hydrogen-bond donors (Lipinski definition) is 4. The van der Waals surface area contributed by atoms with Crippen molar-refractivity contribution in [2.45, 2.75) is 86.7 Å². The molecule has 6 N–H and O–H groups in total. The van der Waals surface area contributed by atoms with Crippen LogP contribution in [-0.4, -0.2) is 155 Å². The largest absolute Gasteiger partial charge is 0.494 e. The number of carbonyl (C=O) groups excluding carboxylic acids is 7. The molecule has 0 aliphatic carbocycles. The molecule has 1 aliphatic heterocycles. The SMILES string of the molecule is COc1cc(C(N)=O)cc2nc(NC(=O)c3cc(C)nn3CCOC(C)=O)n(C/C=C/Cn3c(NC(=O)c4cc(C)nn4CCOC(C)=O)nc4cc(C(N)=O)cc(OCCCN5CCN(C(=O)OC(C)(C)C)CC5)c43)c12. The fourth-order valence-corrected chi connectivity index (χ4v) is 8.55. The molecule has 77 heavy (non-hydrogen) atoms. The molecule has 1 aliphatic rings. The molecule has 0 atom stereocenters. The van der Waals surface area contributed by atoms with Crippen molar-refractivity contribution in [3.05, 3.63) is 82.5 Å². The highest BCUT2D eigenvalue weighted by atomic mass is 16.6. The summed E-state index contributed by atoms with van der Waals surface area (Å²) in [6.45, 7) is 14.9. The van der Waals surface area contributed by atoms with Gasteiger partial charge in [0.05, 0.1) is 49.2 Å². The summed E-state index contributed by atoms with van der Waals surface area (Å²) < 4.78 is 34.1. The summed E-state index contributed by atoms with van der Waals surface area (Å²) in [6, 6.07) is 9.13. The molecular weight excluding hydrogens is 1000 g/mol. The maximum atomic E-state index is 14.2. The van der Waals surface area contributed by atoms with Crippen LogP contribution < -0.4 is 31.6 Å². The minimum atomic E-state index is -0.734. The number of nitrogens with one attached hydrogen (secondary N) is 2. The van der Waals surface area contributed by atoms with Crippen LogP contribution in [0.4, 0.5) is 16.7 Å². The second kappa shape index (κ2) is 24.2. The van der Waals surface area contributed by atoms with E-state index in [0.29, 0.717) is 61.6 Å². The number of nitrogens with two attached hydrogens (primary N) is 2. The van der Waals surface area contributed by atoms with E-state index in [1.807, 2.05) is 20.8 Å². The van der Waals surface area contributed by atoms with Crippen LogP contribution in [0.2, 0.25) is 0 Å². The third-order valence-electron chi connectivity index (χ3n) is 12.0. The first-order chi connectivity index (χ1) is 36.6. The Hall–Kier alpha value is -8.81. The average Bonchev–Trinajstić information content (AvgIpc) is 4.14. The van der Waals surface area contributed by atoms with E-state index in [1.165, 1.54) is 54.6 Å². The highest BCUT2D eigenvalue weighted by Gasteiger charge is 2.27. The molecule has 7 rings (SSSR count). The van der Waals surface area contributed by atoms with Gasteiger partial charge < -0.3 is 49.2 Å². The molecule has 4 aromatic heterocycles. The maximum Gasteiger partial charge on any atom is 0.410 e. The van der Waals surface area contributed by atoms with Gasteiger partial charge in [-0.2, -0.15) is 10.2 Å². The number of nitrogens with zero attached hydrogens (tertiary/aromatic N) is 10. The Labute approximate surface area is 442 Å². The fourth-order valence-electron chi connectivity index (χ4n) is 8.55. The Bertz CT molecular complexity index is 3240. The quantitative estimate of drug-likeness (QED) is 0.0325. The Balaban J connectivity index is 1.20. The van der Waals surface area contributed by atoms with Gasteiger partial charge >= 0.3 is 18.0 Å². The Kier molecular flexibility index (Phi) is 17.6. The first kappa shape index (κ1) is 55.9. The second-order valence-corrected chi connectivity index (χ2v) is 19.1. The number of benzene rings is 2. The molecule has 0 bridgehead atoms. The van der Waals surface area contributed by atoms with Crippen LogP contribution in [0.15, 0.2) is 48.6 Å². The van der Waals surface area contributed by atoms with E-state index in [4.69, 9.17) is 45.1 Å². The molecule has 0 radical (unpaired) electrons. The summed E-state index contributed by atoms with van der Waals surface area (Å²) in [5.74, 6) is -2.96. The molecule has 26 nitrogen and oxygen atoms in total. The Morgan fingerprint density at radius 1 is 0.649 bits per heavy atom. The van der Waals surface area contributed by atoms with Crippen molar-refractivity contribution in [3.8, 4) is 11.5 Å². The fraction of sp³-hybridized carbons (Fsp3) is 0.431. The number of amides is 5. The van der Waals surface area contributed by atoms with E-state index in [-0.39, 0.29) is 109 Å². The normalized spacial score (nSPS) is 13.0. The van der Waals surface area contributed by atoms with E-state index >= 15 is 0 Å². The van der Waals surface area contributed by atoms with Gasteiger partial charge in [0, 0.05) is 70.8 Å². The van der Waals surface area contributed by atoms with E-state index in [1.54, 1.807) is 52.2 Å². The minimum absolute atomic E-state index is 0.0234. The van der Waals surface area contributed by atoms with Crippen LogP contribution in [0.25, 0.3) is 22.1 Å². The number of rotatable bonds is 22. The topological polar surface area (TPSA) is 320 Å². The maximum absolute atomic E-state index is 14.2. The number of aryl methyl sites for hydroxylation is 2. The molecule has 0 unspecified atom stereocenters. The zero-order chi connectivity index (χ0) is 55.7. The molecule has 1 fully saturated rings. The lowest BCUT2D eigenvalue weighted by Crippen LogP contribution is -2.50. The number of ether oxygens (including phenoxy) is 5. The second-order valence-electron chi connectivity index (χ2n) is 19.1. The number of allylic oxidation sites excluding steroid dienone is 2. The lowest BCUT2D eigenvalue weighted by Gasteiger charge is -2.35. The molecule has 5 amide bonds. The number of imidazole rings is 2. The summed E-state index contributed by atoms with van der Waals surface area (Å²) in [6.07, 6.45) is 3.78. The van der Waals surface area contributed by atoms with E-state index < -0.39 is 41.2 Å². The Morgan fingerprint density at radius 3 is 1.56 bits per heavy atom. The Morgan fingerprint density at radius 2 is 1.12 bits per heavy atom. The van der Waals surface area contributed by atoms with Crippen molar-refractivity contribution in [2.75, 3.05) is 70.3 Å². The highest BCUT2D eigenvalue weighted by Crippen LogP contribution is 2.33. The molecular formula is C51H64N14O12. The molecule has 0 spiro atoms. The summed E-state index contributed by atoms with van der Waals surface area (Å²) in [5.41, 5.74) is 13.9. The van der Waals surface area contributed by atoms with E-state index in [0.717, 1.165) is 0 Å². The van der Waals surface area contributed by atoms with Crippen molar-refractivity contribution in [3.63, 3.8) is 0 Å². The lowest BCUT2D eigenvalue weighted by atomic mass is 10.1. The molecule has 410 valence electrons. The summed E-state index contributed by atoms with van der Waals surface area (Å²) in [5, 5.41) is 14.6. The smallest absolute Gasteiger partial charge is 0.410 e. The standard InChI is InChI=1S/C51H64N14O12/c1-30-24-38(64(58-30)19-22-74-32(3)66)46(70)56-48-54-36-26-34(44(52)68)28-40(73-8)42(36)62(48)13-9-10-14-63-43-37(55-49(63)57-47(71)39-25-31(2)59-65(39)20-23-75-33(4)67)27-35(45(53)69)29-41(43)76-21-11-12-60-15-17-61(18-16-60)50(72)77-51(5,6)7/h9-10,24-29H,11-23H2,1-8H3,(H2,52,68)(H2,53,69)(H,54,56,70)(H,55,57,71)/b10-9+. The van der Waals surface area contributed by atoms with Crippen molar-refractivity contribution in [1.82, 2.24) is 48.5 Å². The first-order valence-electron chi connectivity index (χ1n) is 24.8. The number of hydrogen-bond acceptors (Lipinski definition) is 17. The van der Waals surface area contributed by atoms with Gasteiger partial charge in [-0.1, -0.05) is 12.2 Å². The van der Waals surface area contributed by atoms with Crippen molar-refractivity contribution in [1.29, 1.82) is 0 Å². The van der Waals surface area contributed by atoms with Crippen molar-refractivity contribution >= 4 is 75.6 Å². The molecule has 26 heteroatoms. The van der Waals surface area contributed by atoms with Gasteiger partial charge in [-0.25, -0.2) is 14.8 Å². The monoisotopic (exact) mass is 1060 g/mol. The molecule has 2 aromatic carbocycles. The van der Waals surface area contributed by atoms with Crippen molar-refractivity contribution in [2.24, 2.45) is 11.5 Å². The third kappa shape index (κ3) is 14.1. The summed E-state index contributed by atoms with van der Waals surface area (Å²) in [4.78, 5) is 102. The minimum Gasteiger partial charge on any atom is -0.494 e. The number of primary amides is 2. The van der Waals surface area contributed by atoms with Gasteiger partial charge in [-0.3, -0.25) is 53.7 Å². The van der Waals surface area contributed by atoms with Gasteiger partial charge in [-0.15, -0.1) is 0 Å². The van der Waals surface area contributed by atoms with E-state index in [9.17, 15) is 33.6 Å². The number of esters is 2. The first-order valence-corrected chi connectivity index (χ1v) is 24.8. The summed E-state index contributed by atoms with van der Waals surface area (Å²) >= 11 is 0. The van der Waals surface area contributed by atoms with Crippen LogP contribution in [0.1, 0.15) is 94.1 Å². The van der Waals surface area contributed by atoms with Gasteiger partial charge in [0.1, 0.15) is 52.7 Å². The van der Waals surface area contributed by atoms with Gasteiger partial charge in [-0.05, 0) is 77.4 Å². The van der Waals surface area contributed by atoms with Gasteiger partial charge in [0.15, 0.2) is 0 Å². The molecule has 0 saturated carbocycles. The third-order valence-corrected chi connectivity index (χ3v) is 12.0.